The third-order valence-electron chi connectivity index (χ3n) is 3.00. The third kappa shape index (κ3) is 3.58. The first-order chi connectivity index (χ1) is 9.04. The summed E-state index contributed by atoms with van der Waals surface area (Å²) >= 11 is 0. The van der Waals surface area contributed by atoms with Gasteiger partial charge in [-0.3, -0.25) is 4.79 Å². The molecule has 0 spiro atoms. The standard InChI is InChI=1S/C16H18N2O/c1-11-3-8-15(12(2)9-11)18-16(19)10-13-4-6-14(17)7-5-13/h3-9H,10,17H2,1-2H3,(H,18,19). The van der Waals surface area contributed by atoms with Gasteiger partial charge in [0.15, 0.2) is 0 Å². The molecule has 0 bridgehead atoms. The van der Waals surface area contributed by atoms with Gasteiger partial charge in [0.2, 0.25) is 5.91 Å². The molecule has 98 valence electrons. The van der Waals surface area contributed by atoms with Crippen LogP contribution in [0.1, 0.15) is 16.7 Å². The van der Waals surface area contributed by atoms with Gasteiger partial charge in [-0.1, -0.05) is 29.8 Å². The fourth-order valence-electron chi connectivity index (χ4n) is 1.97. The fraction of sp³-hybridized carbons (Fsp3) is 0.188. The van der Waals surface area contributed by atoms with Gasteiger partial charge < -0.3 is 11.1 Å². The Balaban J connectivity index is 2.03. The number of hydrogen-bond acceptors (Lipinski definition) is 2. The molecule has 0 radical (unpaired) electrons. The first kappa shape index (κ1) is 13.1. The lowest BCUT2D eigenvalue weighted by Crippen LogP contribution is -2.15. The number of benzene rings is 2. The van der Waals surface area contributed by atoms with E-state index in [-0.39, 0.29) is 5.91 Å². The van der Waals surface area contributed by atoms with Crippen LogP contribution in [0.5, 0.6) is 0 Å². The van der Waals surface area contributed by atoms with Gasteiger partial charge in [0, 0.05) is 11.4 Å². The number of nitrogens with two attached hydrogens (primary N) is 1. The molecule has 3 nitrogen and oxygen atoms in total. The molecule has 3 heteroatoms. The van der Waals surface area contributed by atoms with Crippen LogP contribution in [0.3, 0.4) is 0 Å². The van der Waals surface area contributed by atoms with Crippen LogP contribution in [0.2, 0.25) is 0 Å². The number of carbonyl (C=O) groups is 1. The number of nitrogen functional groups attached to an aromatic ring is 1. The van der Waals surface area contributed by atoms with Crippen LogP contribution in [-0.2, 0) is 11.2 Å². The molecule has 0 aliphatic carbocycles. The zero-order valence-electron chi connectivity index (χ0n) is 11.2. The second kappa shape index (κ2) is 5.57. The van der Waals surface area contributed by atoms with Crippen molar-refractivity contribution in [2.24, 2.45) is 0 Å². The molecule has 0 heterocycles. The van der Waals surface area contributed by atoms with E-state index >= 15 is 0 Å². The van der Waals surface area contributed by atoms with Gasteiger partial charge in [0.1, 0.15) is 0 Å². The number of rotatable bonds is 3. The van der Waals surface area contributed by atoms with Gasteiger partial charge in [-0.05, 0) is 43.2 Å². The minimum absolute atomic E-state index is 0.0169. The Hall–Kier alpha value is -2.29. The molecule has 1 amide bonds. The van der Waals surface area contributed by atoms with Crippen molar-refractivity contribution in [2.45, 2.75) is 20.3 Å². The summed E-state index contributed by atoms with van der Waals surface area (Å²) in [7, 11) is 0. The Kier molecular flexibility index (Phi) is 3.85. The Morgan fingerprint density at radius 3 is 2.42 bits per heavy atom. The average Bonchev–Trinajstić information content (AvgIpc) is 2.36. The predicted molar refractivity (Wildman–Crippen MR) is 79.1 cm³/mol. The number of carbonyl (C=O) groups excluding carboxylic acids is 1. The maximum atomic E-state index is 12.0. The van der Waals surface area contributed by atoms with Crippen LogP contribution in [0.4, 0.5) is 11.4 Å². The highest BCUT2D eigenvalue weighted by Crippen LogP contribution is 2.16. The summed E-state index contributed by atoms with van der Waals surface area (Å²) in [5, 5.41) is 2.93. The van der Waals surface area contributed by atoms with E-state index < -0.39 is 0 Å². The largest absolute Gasteiger partial charge is 0.399 e. The Bertz CT molecular complexity index is 588. The quantitative estimate of drug-likeness (QED) is 0.827. The lowest BCUT2D eigenvalue weighted by molar-refractivity contribution is -0.115. The van der Waals surface area contributed by atoms with E-state index in [1.54, 1.807) is 12.1 Å². The third-order valence-corrected chi connectivity index (χ3v) is 3.00. The molecule has 0 unspecified atom stereocenters. The zero-order chi connectivity index (χ0) is 13.8. The van der Waals surface area contributed by atoms with Crippen LogP contribution < -0.4 is 11.1 Å². The second-order valence-corrected chi connectivity index (χ2v) is 4.78. The van der Waals surface area contributed by atoms with Gasteiger partial charge in [-0.2, -0.15) is 0 Å². The molecule has 0 aliphatic rings. The van der Waals surface area contributed by atoms with Crippen molar-refractivity contribution >= 4 is 17.3 Å². The minimum Gasteiger partial charge on any atom is -0.399 e. The summed E-state index contributed by atoms with van der Waals surface area (Å²) in [6.45, 7) is 4.03. The molecule has 2 aromatic rings. The highest BCUT2D eigenvalue weighted by Gasteiger charge is 2.06. The Morgan fingerprint density at radius 1 is 1.11 bits per heavy atom. The maximum Gasteiger partial charge on any atom is 0.228 e. The fourth-order valence-corrected chi connectivity index (χ4v) is 1.97. The molecule has 0 fully saturated rings. The van der Waals surface area contributed by atoms with Gasteiger partial charge >= 0.3 is 0 Å². The van der Waals surface area contributed by atoms with Crippen molar-refractivity contribution in [2.75, 3.05) is 11.1 Å². The summed E-state index contributed by atoms with van der Waals surface area (Å²) in [4.78, 5) is 12.0. The number of hydrogen-bond donors (Lipinski definition) is 2. The van der Waals surface area contributed by atoms with E-state index in [4.69, 9.17) is 5.73 Å². The molecule has 0 saturated carbocycles. The van der Waals surface area contributed by atoms with Crippen molar-refractivity contribution in [3.8, 4) is 0 Å². The van der Waals surface area contributed by atoms with E-state index in [9.17, 15) is 4.79 Å². The minimum atomic E-state index is -0.0169. The molecule has 0 saturated heterocycles. The molecule has 0 aromatic heterocycles. The molecule has 3 N–H and O–H groups in total. The first-order valence-electron chi connectivity index (χ1n) is 6.26. The summed E-state index contributed by atoms with van der Waals surface area (Å²) in [5.74, 6) is -0.0169. The lowest BCUT2D eigenvalue weighted by Gasteiger charge is -2.09. The zero-order valence-corrected chi connectivity index (χ0v) is 11.2. The summed E-state index contributed by atoms with van der Waals surface area (Å²) < 4.78 is 0. The SMILES string of the molecule is Cc1ccc(NC(=O)Cc2ccc(N)cc2)c(C)c1. The van der Waals surface area contributed by atoms with Crippen LogP contribution in [0.15, 0.2) is 42.5 Å². The van der Waals surface area contributed by atoms with Gasteiger partial charge in [-0.25, -0.2) is 0 Å². The Morgan fingerprint density at radius 2 is 1.79 bits per heavy atom. The summed E-state index contributed by atoms with van der Waals surface area (Å²) in [6, 6.07) is 13.3. The molecular weight excluding hydrogens is 236 g/mol. The van der Waals surface area contributed by atoms with Gasteiger partial charge in [0.25, 0.3) is 0 Å². The van der Waals surface area contributed by atoms with Crippen LogP contribution in [0.25, 0.3) is 0 Å². The number of amides is 1. The van der Waals surface area contributed by atoms with Crippen molar-refractivity contribution in [3.05, 3.63) is 59.2 Å². The van der Waals surface area contributed by atoms with Crippen LogP contribution in [-0.4, -0.2) is 5.91 Å². The van der Waals surface area contributed by atoms with Gasteiger partial charge in [-0.15, -0.1) is 0 Å². The smallest absolute Gasteiger partial charge is 0.228 e. The second-order valence-electron chi connectivity index (χ2n) is 4.78. The number of aryl methyl sites for hydroxylation is 2. The topological polar surface area (TPSA) is 55.1 Å². The van der Waals surface area contributed by atoms with E-state index in [2.05, 4.69) is 11.4 Å². The van der Waals surface area contributed by atoms with E-state index in [0.29, 0.717) is 12.1 Å². The molecular formula is C16H18N2O. The maximum absolute atomic E-state index is 12.0. The molecule has 19 heavy (non-hydrogen) atoms. The predicted octanol–water partition coefficient (Wildman–Crippen LogP) is 3.07. The highest BCUT2D eigenvalue weighted by atomic mass is 16.1. The normalized spacial score (nSPS) is 10.2. The number of nitrogens with one attached hydrogen (secondary N) is 1. The number of anilines is 2. The van der Waals surface area contributed by atoms with Crippen molar-refractivity contribution in [1.82, 2.24) is 0 Å². The van der Waals surface area contributed by atoms with Crippen molar-refractivity contribution in [1.29, 1.82) is 0 Å². The summed E-state index contributed by atoms with van der Waals surface area (Å²) in [6.07, 6.45) is 0.355. The van der Waals surface area contributed by atoms with E-state index in [1.165, 1.54) is 5.56 Å². The monoisotopic (exact) mass is 254 g/mol. The van der Waals surface area contributed by atoms with Crippen LogP contribution >= 0.6 is 0 Å². The molecule has 2 aromatic carbocycles. The molecule has 0 aliphatic heterocycles. The van der Waals surface area contributed by atoms with E-state index in [0.717, 1.165) is 16.8 Å². The van der Waals surface area contributed by atoms with Crippen molar-refractivity contribution in [3.63, 3.8) is 0 Å². The molecule has 0 atom stereocenters. The lowest BCUT2D eigenvalue weighted by atomic mass is 10.1. The van der Waals surface area contributed by atoms with E-state index in [1.807, 2.05) is 38.1 Å². The first-order valence-corrected chi connectivity index (χ1v) is 6.26. The molecule has 2 rings (SSSR count). The summed E-state index contributed by atoms with van der Waals surface area (Å²) in [5.41, 5.74) is 10.4. The average molecular weight is 254 g/mol. The highest BCUT2D eigenvalue weighted by molar-refractivity contribution is 5.93. The Labute approximate surface area is 113 Å². The van der Waals surface area contributed by atoms with Gasteiger partial charge in [0.05, 0.1) is 6.42 Å². The van der Waals surface area contributed by atoms with Crippen molar-refractivity contribution < 1.29 is 4.79 Å². The van der Waals surface area contributed by atoms with Crippen LogP contribution in [0, 0.1) is 13.8 Å².